The van der Waals surface area contributed by atoms with Gasteiger partial charge in [0.15, 0.2) is 0 Å². The summed E-state index contributed by atoms with van der Waals surface area (Å²) in [5.74, 6) is 0. The SMILES string of the molecule is O=C(O)n1c(=O)n(-c2csc3cc(Cl)ccc23)c2ccccc21. The van der Waals surface area contributed by atoms with Gasteiger partial charge in [0.2, 0.25) is 0 Å². The zero-order valence-corrected chi connectivity index (χ0v) is 13.1. The van der Waals surface area contributed by atoms with Gasteiger partial charge in [0.25, 0.3) is 0 Å². The Kier molecular flexibility index (Phi) is 3.04. The number of rotatable bonds is 1. The standard InChI is InChI=1S/C16H9ClN2O3S/c17-9-5-6-10-13(8-23-14(10)7-9)18-11-3-1-2-4-12(11)19(15(18)20)16(21)22/h1-8H,(H,21,22). The summed E-state index contributed by atoms with van der Waals surface area (Å²) in [5, 5.41) is 12.7. The molecule has 0 fully saturated rings. The lowest BCUT2D eigenvalue weighted by Crippen LogP contribution is -2.27. The predicted molar refractivity (Wildman–Crippen MR) is 91.4 cm³/mol. The Bertz CT molecular complexity index is 1140. The molecule has 0 unspecified atom stereocenters. The largest absolute Gasteiger partial charge is 0.464 e. The van der Waals surface area contributed by atoms with E-state index in [1.807, 2.05) is 17.5 Å². The van der Waals surface area contributed by atoms with Crippen molar-refractivity contribution in [1.29, 1.82) is 0 Å². The number of imidazole rings is 1. The van der Waals surface area contributed by atoms with Crippen LogP contribution in [-0.4, -0.2) is 20.3 Å². The van der Waals surface area contributed by atoms with Gasteiger partial charge in [-0.1, -0.05) is 23.7 Å². The second kappa shape index (κ2) is 4.97. The van der Waals surface area contributed by atoms with Crippen LogP contribution in [-0.2, 0) is 0 Å². The van der Waals surface area contributed by atoms with Crippen molar-refractivity contribution in [3.05, 3.63) is 63.4 Å². The van der Waals surface area contributed by atoms with Crippen molar-refractivity contribution in [1.82, 2.24) is 9.13 Å². The number of benzene rings is 2. The number of nitrogens with zero attached hydrogens (tertiary/aromatic N) is 2. The lowest BCUT2D eigenvalue weighted by Gasteiger charge is -2.01. The molecule has 0 bridgehead atoms. The van der Waals surface area contributed by atoms with Crippen LogP contribution in [0.2, 0.25) is 5.02 Å². The van der Waals surface area contributed by atoms with Crippen LogP contribution in [0.5, 0.6) is 0 Å². The molecule has 4 aromatic rings. The summed E-state index contributed by atoms with van der Waals surface area (Å²) in [6.45, 7) is 0. The van der Waals surface area contributed by atoms with Crippen molar-refractivity contribution in [2.24, 2.45) is 0 Å². The first kappa shape index (κ1) is 14.0. The highest BCUT2D eigenvalue weighted by Gasteiger charge is 2.20. The van der Waals surface area contributed by atoms with E-state index in [0.717, 1.165) is 14.7 Å². The average Bonchev–Trinajstić information content (AvgIpc) is 3.04. The van der Waals surface area contributed by atoms with E-state index in [2.05, 4.69) is 0 Å². The van der Waals surface area contributed by atoms with Crippen molar-refractivity contribution in [2.45, 2.75) is 0 Å². The van der Waals surface area contributed by atoms with Crippen molar-refractivity contribution in [3.8, 4) is 5.69 Å². The highest BCUT2D eigenvalue weighted by molar-refractivity contribution is 7.17. The van der Waals surface area contributed by atoms with E-state index in [9.17, 15) is 14.7 Å². The van der Waals surface area contributed by atoms with Crippen LogP contribution in [0, 0.1) is 0 Å². The number of carbonyl (C=O) groups is 1. The van der Waals surface area contributed by atoms with Crippen LogP contribution in [0.3, 0.4) is 0 Å². The van der Waals surface area contributed by atoms with Gasteiger partial charge < -0.3 is 5.11 Å². The molecule has 5 nitrogen and oxygen atoms in total. The summed E-state index contributed by atoms with van der Waals surface area (Å²) in [6, 6.07) is 12.2. The van der Waals surface area contributed by atoms with Gasteiger partial charge in [-0.15, -0.1) is 11.3 Å². The van der Waals surface area contributed by atoms with Gasteiger partial charge in [0, 0.05) is 20.5 Å². The van der Waals surface area contributed by atoms with E-state index in [-0.39, 0.29) is 0 Å². The van der Waals surface area contributed by atoms with E-state index in [1.165, 1.54) is 15.9 Å². The van der Waals surface area contributed by atoms with Crippen LogP contribution < -0.4 is 5.69 Å². The maximum Gasteiger partial charge on any atom is 0.420 e. The molecule has 23 heavy (non-hydrogen) atoms. The topological polar surface area (TPSA) is 64.2 Å². The Morgan fingerprint density at radius 2 is 1.87 bits per heavy atom. The van der Waals surface area contributed by atoms with Crippen LogP contribution in [0.1, 0.15) is 0 Å². The molecule has 0 saturated carbocycles. The number of thiophene rings is 1. The molecule has 0 spiro atoms. The van der Waals surface area contributed by atoms with Crippen molar-refractivity contribution in [3.63, 3.8) is 0 Å². The summed E-state index contributed by atoms with van der Waals surface area (Å²) < 4.78 is 3.12. The summed E-state index contributed by atoms with van der Waals surface area (Å²) in [7, 11) is 0. The zero-order valence-electron chi connectivity index (χ0n) is 11.6. The van der Waals surface area contributed by atoms with Crippen molar-refractivity contribution < 1.29 is 9.90 Å². The molecule has 7 heteroatoms. The molecule has 0 aliphatic carbocycles. The maximum absolute atomic E-state index is 12.7. The fraction of sp³-hybridized carbons (Fsp3) is 0. The molecule has 2 heterocycles. The number of carboxylic acid groups (broad SMARTS) is 1. The summed E-state index contributed by atoms with van der Waals surface area (Å²) in [6.07, 6.45) is -1.30. The second-order valence-corrected chi connectivity index (χ2v) is 6.33. The third-order valence-corrected chi connectivity index (χ3v) is 4.86. The molecule has 1 N–H and O–H groups in total. The Hall–Kier alpha value is -2.57. The normalized spacial score (nSPS) is 11.3. The first-order chi connectivity index (χ1) is 11.1. The Morgan fingerprint density at radius 1 is 1.13 bits per heavy atom. The minimum atomic E-state index is -1.30. The van der Waals surface area contributed by atoms with Crippen molar-refractivity contribution >= 4 is 50.2 Å². The molecular weight excluding hydrogens is 336 g/mol. The van der Waals surface area contributed by atoms with Gasteiger partial charge >= 0.3 is 11.8 Å². The molecule has 0 amide bonds. The maximum atomic E-state index is 12.7. The number of hydrogen-bond acceptors (Lipinski definition) is 3. The fourth-order valence-electron chi connectivity index (χ4n) is 2.73. The van der Waals surface area contributed by atoms with Crippen LogP contribution >= 0.6 is 22.9 Å². The summed E-state index contributed by atoms with van der Waals surface area (Å²) in [5.41, 5.74) is 0.962. The monoisotopic (exact) mass is 344 g/mol. The molecular formula is C16H9ClN2O3S. The van der Waals surface area contributed by atoms with E-state index < -0.39 is 11.8 Å². The predicted octanol–water partition coefficient (Wildman–Crippen LogP) is 4.19. The fourth-order valence-corrected chi connectivity index (χ4v) is 3.93. The third-order valence-electron chi connectivity index (χ3n) is 3.70. The molecule has 0 atom stereocenters. The van der Waals surface area contributed by atoms with E-state index in [4.69, 9.17) is 11.6 Å². The minimum absolute atomic E-state index is 0.360. The third kappa shape index (κ3) is 1.99. The molecule has 2 aromatic heterocycles. The van der Waals surface area contributed by atoms with Gasteiger partial charge in [-0.05, 0) is 30.3 Å². The van der Waals surface area contributed by atoms with Crippen molar-refractivity contribution in [2.75, 3.05) is 0 Å². The Morgan fingerprint density at radius 3 is 2.61 bits per heavy atom. The smallest absolute Gasteiger partial charge is 0.420 e. The Labute approximate surface area is 138 Å². The molecule has 0 aliphatic rings. The van der Waals surface area contributed by atoms with Gasteiger partial charge in [-0.3, -0.25) is 4.57 Å². The van der Waals surface area contributed by atoms with Crippen LogP contribution in [0.4, 0.5) is 4.79 Å². The number of para-hydroxylation sites is 2. The highest BCUT2D eigenvalue weighted by atomic mass is 35.5. The van der Waals surface area contributed by atoms with Crippen LogP contribution in [0.15, 0.2) is 52.6 Å². The van der Waals surface area contributed by atoms with Gasteiger partial charge in [0.05, 0.1) is 16.7 Å². The number of halogens is 1. The first-order valence-corrected chi connectivity index (χ1v) is 7.96. The van der Waals surface area contributed by atoms with E-state index in [0.29, 0.717) is 21.7 Å². The lowest BCUT2D eigenvalue weighted by molar-refractivity contribution is 0.196. The zero-order chi connectivity index (χ0) is 16.1. The molecule has 0 aliphatic heterocycles. The molecule has 0 radical (unpaired) electrons. The Balaban J connectivity index is 2.15. The highest BCUT2D eigenvalue weighted by Crippen LogP contribution is 2.32. The van der Waals surface area contributed by atoms with Gasteiger partial charge in [-0.25, -0.2) is 9.59 Å². The summed E-state index contributed by atoms with van der Waals surface area (Å²) in [4.78, 5) is 24.1. The molecule has 4 rings (SSSR count). The number of fused-ring (bicyclic) bond motifs is 2. The summed E-state index contributed by atoms with van der Waals surface area (Å²) >= 11 is 7.46. The molecule has 0 saturated heterocycles. The van der Waals surface area contributed by atoms with Gasteiger partial charge in [-0.2, -0.15) is 4.57 Å². The quantitative estimate of drug-likeness (QED) is 0.563. The van der Waals surface area contributed by atoms with E-state index in [1.54, 1.807) is 30.3 Å². The second-order valence-electron chi connectivity index (χ2n) is 4.99. The molecule has 2 aromatic carbocycles. The van der Waals surface area contributed by atoms with Crippen LogP contribution in [0.25, 0.3) is 26.8 Å². The lowest BCUT2D eigenvalue weighted by atomic mass is 10.2. The average molecular weight is 345 g/mol. The molecule has 114 valence electrons. The number of aromatic nitrogens is 2. The van der Waals surface area contributed by atoms with E-state index >= 15 is 0 Å². The van der Waals surface area contributed by atoms with Gasteiger partial charge in [0.1, 0.15) is 0 Å². The minimum Gasteiger partial charge on any atom is -0.464 e. The first-order valence-electron chi connectivity index (χ1n) is 6.71. The number of hydrogen-bond donors (Lipinski definition) is 1.